The van der Waals surface area contributed by atoms with Gasteiger partial charge < -0.3 is 11.1 Å². The lowest BCUT2D eigenvalue weighted by Gasteiger charge is -2.23. The highest BCUT2D eigenvalue weighted by Gasteiger charge is 2.13. The number of aromatic nitrogens is 1. The number of aliphatic imine (C=N–C) groups is 1. The molecule has 114 valence electrons. The number of nitrogens with two attached hydrogens (primary N) is 1. The van der Waals surface area contributed by atoms with E-state index in [0.29, 0.717) is 24.5 Å². The molecule has 1 fully saturated rings. The van der Waals surface area contributed by atoms with E-state index in [9.17, 15) is 0 Å². The average molecular weight is 408 g/mol. The van der Waals surface area contributed by atoms with Crippen LogP contribution in [0.1, 0.15) is 62.6 Å². The van der Waals surface area contributed by atoms with Crippen molar-refractivity contribution in [1.29, 1.82) is 0 Å². The Balaban J connectivity index is 0.00000200. The molecule has 0 bridgehead atoms. The fourth-order valence-electron chi connectivity index (χ4n) is 2.33. The lowest BCUT2D eigenvalue weighted by atomic mass is 9.96. The second-order valence-corrected chi connectivity index (χ2v) is 6.40. The molecule has 1 aliphatic rings. The number of nitrogens with zero attached hydrogens (tertiary/aromatic N) is 2. The number of halogens is 1. The fraction of sp³-hybridized carbons (Fsp3) is 0.714. The third-order valence-electron chi connectivity index (χ3n) is 3.43. The zero-order chi connectivity index (χ0) is 13.7. The molecule has 2 rings (SSSR count). The van der Waals surface area contributed by atoms with Crippen molar-refractivity contribution in [2.24, 2.45) is 10.7 Å². The van der Waals surface area contributed by atoms with Crippen LogP contribution in [0.25, 0.3) is 0 Å². The third kappa shape index (κ3) is 5.55. The quantitative estimate of drug-likeness (QED) is 0.455. The van der Waals surface area contributed by atoms with Crippen LogP contribution >= 0.6 is 35.3 Å². The summed E-state index contributed by atoms with van der Waals surface area (Å²) in [6.07, 6.45) is 6.38. The van der Waals surface area contributed by atoms with Gasteiger partial charge in [-0.1, -0.05) is 33.1 Å². The molecule has 1 aromatic rings. The van der Waals surface area contributed by atoms with Crippen molar-refractivity contribution in [3.05, 3.63) is 16.1 Å². The van der Waals surface area contributed by atoms with Crippen molar-refractivity contribution in [3.8, 4) is 0 Å². The topological polar surface area (TPSA) is 63.3 Å². The number of nitrogens with one attached hydrogen (secondary N) is 1. The van der Waals surface area contributed by atoms with Crippen molar-refractivity contribution in [2.45, 2.75) is 64.5 Å². The van der Waals surface area contributed by atoms with Crippen LogP contribution in [0.5, 0.6) is 0 Å². The van der Waals surface area contributed by atoms with Crippen LogP contribution < -0.4 is 11.1 Å². The van der Waals surface area contributed by atoms with E-state index in [0.717, 1.165) is 5.69 Å². The van der Waals surface area contributed by atoms with Gasteiger partial charge in [0.15, 0.2) is 5.96 Å². The first-order valence-electron chi connectivity index (χ1n) is 7.16. The molecule has 1 saturated carbocycles. The number of thiazole rings is 1. The summed E-state index contributed by atoms with van der Waals surface area (Å²) in [6.45, 7) is 4.89. The van der Waals surface area contributed by atoms with Gasteiger partial charge in [-0.05, 0) is 12.8 Å². The van der Waals surface area contributed by atoms with Crippen LogP contribution in [0.4, 0.5) is 0 Å². The van der Waals surface area contributed by atoms with Gasteiger partial charge >= 0.3 is 0 Å². The lowest BCUT2D eigenvalue weighted by Crippen LogP contribution is -2.41. The van der Waals surface area contributed by atoms with Gasteiger partial charge in [-0.25, -0.2) is 9.98 Å². The SMILES string of the molecule is CC(C)c1nc(CN=C(N)NC2CCCCC2)cs1.I. The molecular weight excluding hydrogens is 383 g/mol. The molecule has 3 N–H and O–H groups in total. The Morgan fingerprint density at radius 1 is 1.45 bits per heavy atom. The molecule has 0 spiro atoms. The monoisotopic (exact) mass is 408 g/mol. The van der Waals surface area contributed by atoms with Gasteiger partial charge in [-0.15, -0.1) is 35.3 Å². The van der Waals surface area contributed by atoms with Crippen LogP contribution in [-0.2, 0) is 6.54 Å². The normalized spacial score (nSPS) is 17.1. The van der Waals surface area contributed by atoms with Crippen LogP contribution in [-0.4, -0.2) is 17.0 Å². The van der Waals surface area contributed by atoms with Crippen LogP contribution in [0.3, 0.4) is 0 Å². The standard InChI is InChI=1S/C14H24N4S.HI/c1-10(2)13-17-12(9-19-13)8-16-14(15)18-11-6-4-3-5-7-11;/h9-11H,3-8H2,1-2H3,(H3,15,16,18);1H. The molecular formula is C14H25IN4S. The van der Waals surface area contributed by atoms with Crippen molar-refractivity contribution in [3.63, 3.8) is 0 Å². The van der Waals surface area contributed by atoms with E-state index in [-0.39, 0.29) is 24.0 Å². The molecule has 1 aliphatic carbocycles. The Bertz CT molecular complexity index is 425. The van der Waals surface area contributed by atoms with E-state index in [1.807, 2.05) is 0 Å². The van der Waals surface area contributed by atoms with E-state index in [1.165, 1.54) is 37.1 Å². The van der Waals surface area contributed by atoms with E-state index in [4.69, 9.17) is 5.73 Å². The van der Waals surface area contributed by atoms with Crippen LogP contribution in [0, 0.1) is 0 Å². The van der Waals surface area contributed by atoms with Gasteiger partial charge in [-0.2, -0.15) is 0 Å². The first-order chi connectivity index (χ1) is 9.15. The highest BCUT2D eigenvalue weighted by atomic mass is 127. The molecule has 0 atom stereocenters. The van der Waals surface area contributed by atoms with E-state index < -0.39 is 0 Å². The zero-order valence-corrected chi connectivity index (χ0v) is 15.4. The molecule has 1 aromatic heterocycles. The number of rotatable bonds is 4. The molecule has 0 radical (unpaired) electrons. The van der Waals surface area contributed by atoms with Crippen LogP contribution in [0.2, 0.25) is 0 Å². The van der Waals surface area contributed by atoms with Crippen molar-refractivity contribution in [1.82, 2.24) is 10.3 Å². The summed E-state index contributed by atoms with van der Waals surface area (Å²) in [6, 6.07) is 0.513. The first-order valence-corrected chi connectivity index (χ1v) is 8.04. The average Bonchev–Trinajstić information content (AvgIpc) is 2.86. The Hall–Kier alpha value is -0.370. The Morgan fingerprint density at radius 2 is 2.15 bits per heavy atom. The van der Waals surface area contributed by atoms with E-state index in [1.54, 1.807) is 11.3 Å². The summed E-state index contributed by atoms with van der Waals surface area (Å²) in [5, 5.41) is 6.57. The highest BCUT2D eigenvalue weighted by molar-refractivity contribution is 14.0. The van der Waals surface area contributed by atoms with Gasteiger partial charge in [0, 0.05) is 17.3 Å². The van der Waals surface area contributed by atoms with Gasteiger partial charge in [0.2, 0.25) is 0 Å². The Kier molecular flexibility index (Phi) is 7.79. The molecule has 0 unspecified atom stereocenters. The fourth-order valence-corrected chi connectivity index (χ4v) is 3.15. The molecule has 0 saturated heterocycles. The van der Waals surface area contributed by atoms with Gasteiger partial charge in [0.25, 0.3) is 0 Å². The van der Waals surface area contributed by atoms with Gasteiger partial charge in [-0.3, -0.25) is 0 Å². The van der Waals surface area contributed by atoms with Crippen LogP contribution in [0.15, 0.2) is 10.4 Å². The van der Waals surface area contributed by atoms with Gasteiger partial charge in [0.05, 0.1) is 17.2 Å². The van der Waals surface area contributed by atoms with E-state index >= 15 is 0 Å². The van der Waals surface area contributed by atoms with E-state index in [2.05, 4.69) is 34.5 Å². The highest BCUT2D eigenvalue weighted by Crippen LogP contribution is 2.19. The van der Waals surface area contributed by atoms with Crippen molar-refractivity contribution < 1.29 is 0 Å². The lowest BCUT2D eigenvalue weighted by molar-refractivity contribution is 0.412. The summed E-state index contributed by atoms with van der Waals surface area (Å²) >= 11 is 1.70. The number of hydrogen-bond acceptors (Lipinski definition) is 3. The summed E-state index contributed by atoms with van der Waals surface area (Å²) in [5.74, 6) is 1.05. The number of hydrogen-bond donors (Lipinski definition) is 2. The minimum Gasteiger partial charge on any atom is -0.370 e. The minimum absolute atomic E-state index is 0. The molecule has 0 amide bonds. The summed E-state index contributed by atoms with van der Waals surface area (Å²) < 4.78 is 0. The molecule has 6 heteroatoms. The molecule has 20 heavy (non-hydrogen) atoms. The maximum absolute atomic E-state index is 5.93. The maximum Gasteiger partial charge on any atom is 0.189 e. The molecule has 0 aromatic carbocycles. The third-order valence-corrected chi connectivity index (χ3v) is 4.63. The van der Waals surface area contributed by atoms with Crippen molar-refractivity contribution in [2.75, 3.05) is 0 Å². The second kappa shape index (κ2) is 8.81. The summed E-state index contributed by atoms with van der Waals surface area (Å²) in [4.78, 5) is 8.95. The van der Waals surface area contributed by atoms with Crippen molar-refractivity contribution >= 4 is 41.3 Å². The maximum atomic E-state index is 5.93. The Morgan fingerprint density at radius 3 is 2.75 bits per heavy atom. The molecule has 4 nitrogen and oxygen atoms in total. The predicted molar refractivity (Wildman–Crippen MR) is 97.0 cm³/mol. The molecule has 1 heterocycles. The zero-order valence-electron chi connectivity index (χ0n) is 12.3. The minimum atomic E-state index is 0. The summed E-state index contributed by atoms with van der Waals surface area (Å²) in [7, 11) is 0. The number of guanidine groups is 1. The largest absolute Gasteiger partial charge is 0.370 e. The first kappa shape index (κ1) is 17.7. The molecule has 0 aliphatic heterocycles. The van der Waals surface area contributed by atoms with Gasteiger partial charge in [0.1, 0.15) is 0 Å². The Labute approximate surface area is 142 Å². The second-order valence-electron chi connectivity index (χ2n) is 5.51. The smallest absolute Gasteiger partial charge is 0.189 e. The summed E-state index contributed by atoms with van der Waals surface area (Å²) in [5.41, 5.74) is 6.95. The predicted octanol–water partition coefficient (Wildman–Crippen LogP) is 3.62.